The van der Waals surface area contributed by atoms with E-state index in [4.69, 9.17) is 5.11 Å². The fourth-order valence-electron chi connectivity index (χ4n) is 0.906. The average molecular weight is 198 g/mol. The maximum absolute atomic E-state index is 11.3. The Balaban J connectivity index is 2.46. The van der Waals surface area contributed by atoms with Crippen molar-refractivity contribution in [3.8, 4) is 0 Å². The molecule has 0 spiro atoms. The van der Waals surface area contributed by atoms with Gasteiger partial charge in [-0.25, -0.2) is 4.98 Å². The fourth-order valence-corrected chi connectivity index (χ4v) is 0.906. The molecule has 0 aromatic carbocycles. The summed E-state index contributed by atoms with van der Waals surface area (Å²) < 4.78 is 4.68. The predicted molar refractivity (Wildman–Crippen MR) is 45.5 cm³/mol. The number of carbonyl (C=O) groups is 2. The number of hydrogen-bond acceptors (Lipinski definition) is 4. The number of amides is 1. The van der Waals surface area contributed by atoms with Crippen molar-refractivity contribution in [3.05, 3.63) is 18.4 Å². The molecule has 0 atom stereocenters. The Labute approximate surface area is 80.1 Å². The van der Waals surface area contributed by atoms with Crippen LogP contribution >= 0.6 is 0 Å². The lowest BCUT2D eigenvalue weighted by atomic mass is 10.3. The molecule has 0 aliphatic carbocycles. The Morgan fingerprint density at radius 2 is 2.36 bits per heavy atom. The number of nitrogens with zero attached hydrogens (tertiary/aromatic N) is 2. The van der Waals surface area contributed by atoms with Crippen molar-refractivity contribution in [2.24, 2.45) is 0 Å². The summed E-state index contributed by atoms with van der Waals surface area (Å²) in [5.74, 6) is -1.35. The van der Waals surface area contributed by atoms with Gasteiger partial charge in [0.2, 0.25) is 5.91 Å². The molecular weight excluding hydrogens is 188 g/mol. The molecule has 0 aliphatic rings. The van der Waals surface area contributed by atoms with Crippen LogP contribution in [0.25, 0.3) is 0 Å². The van der Waals surface area contributed by atoms with Crippen molar-refractivity contribution >= 4 is 11.9 Å². The van der Waals surface area contributed by atoms with Crippen LogP contribution in [0.1, 0.15) is 5.69 Å². The van der Waals surface area contributed by atoms with Crippen molar-refractivity contribution < 1.29 is 19.1 Å². The zero-order valence-electron chi connectivity index (χ0n) is 7.64. The molecule has 0 radical (unpaired) electrons. The first kappa shape index (κ1) is 10.2. The lowest BCUT2D eigenvalue weighted by Crippen LogP contribution is -2.33. The average Bonchev–Trinajstić information content (AvgIpc) is 2.55. The molecule has 0 unspecified atom stereocenters. The lowest BCUT2D eigenvalue weighted by molar-refractivity contribution is -0.143. The highest BCUT2D eigenvalue weighted by molar-refractivity contribution is 5.82. The number of aromatic nitrogens is 1. The molecule has 1 N–H and O–H groups in total. The number of rotatable bonds is 4. The highest BCUT2D eigenvalue weighted by Gasteiger charge is 2.13. The quantitative estimate of drug-likeness (QED) is 0.721. The third kappa shape index (κ3) is 2.89. The summed E-state index contributed by atoms with van der Waals surface area (Å²) in [6, 6.07) is 0. The van der Waals surface area contributed by atoms with Gasteiger partial charge in [0.05, 0.1) is 12.1 Å². The number of aliphatic carboxylic acids is 1. The van der Waals surface area contributed by atoms with Gasteiger partial charge in [0, 0.05) is 7.05 Å². The minimum absolute atomic E-state index is 0.0558. The van der Waals surface area contributed by atoms with E-state index in [0.29, 0.717) is 5.69 Å². The molecule has 1 heterocycles. The van der Waals surface area contributed by atoms with E-state index in [1.807, 2.05) is 0 Å². The van der Waals surface area contributed by atoms with Gasteiger partial charge in [-0.1, -0.05) is 0 Å². The standard InChI is InChI=1S/C8H10N2O4/c1-10(3-8(12)13)7(11)2-6-4-14-5-9-6/h4-5H,2-3H2,1H3,(H,12,13). The molecule has 1 amide bonds. The van der Waals surface area contributed by atoms with Crippen LogP contribution in [0.3, 0.4) is 0 Å². The number of carbonyl (C=O) groups excluding carboxylic acids is 1. The molecule has 0 saturated heterocycles. The van der Waals surface area contributed by atoms with Gasteiger partial charge < -0.3 is 14.4 Å². The van der Waals surface area contributed by atoms with Gasteiger partial charge in [0.15, 0.2) is 6.39 Å². The maximum atomic E-state index is 11.3. The number of carboxylic acids is 1. The van der Waals surface area contributed by atoms with Crippen LogP contribution in [0.4, 0.5) is 0 Å². The molecule has 0 aliphatic heterocycles. The van der Waals surface area contributed by atoms with E-state index in [2.05, 4.69) is 9.40 Å². The van der Waals surface area contributed by atoms with Crippen LogP contribution in [0, 0.1) is 0 Å². The van der Waals surface area contributed by atoms with Crippen LogP contribution in [0.2, 0.25) is 0 Å². The minimum atomic E-state index is -1.04. The summed E-state index contributed by atoms with van der Waals surface area (Å²) in [7, 11) is 1.43. The van der Waals surface area contributed by atoms with E-state index in [0.717, 1.165) is 4.90 Å². The first-order chi connectivity index (χ1) is 6.59. The molecule has 1 aromatic rings. The highest BCUT2D eigenvalue weighted by atomic mass is 16.4. The third-order valence-corrected chi connectivity index (χ3v) is 1.61. The molecule has 1 aromatic heterocycles. The number of likely N-dealkylation sites (N-methyl/N-ethyl adjacent to an activating group) is 1. The van der Waals surface area contributed by atoms with Gasteiger partial charge in [-0.3, -0.25) is 9.59 Å². The Morgan fingerprint density at radius 3 is 2.86 bits per heavy atom. The van der Waals surface area contributed by atoms with Crippen molar-refractivity contribution in [2.75, 3.05) is 13.6 Å². The second kappa shape index (κ2) is 4.40. The largest absolute Gasteiger partial charge is 0.480 e. The van der Waals surface area contributed by atoms with Gasteiger partial charge >= 0.3 is 5.97 Å². The van der Waals surface area contributed by atoms with Crippen molar-refractivity contribution in [3.63, 3.8) is 0 Å². The van der Waals surface area contributed by atoms with E-state index in [9.17, 15) is 9.59 Å². The van der Waals surface area contributed by atoms with Crippen LogP contribution in [-0.4, -0.2) is 40.5 Å². The maximum Gasteiger partial charge on any atom is 0.323 e. The van der Waals surface area contributed by atoms with E-state index < -0.39 is 5.97 Å². The molecule has 1 rings (SSSR count). The van der Waals surface area contributed by atoms with Crippen LogP contribution in [-0.2, 0) is 16.0 Å². The SMILES string of the molecule is CN(CC(=O)O)C(=O)Cc1cocn1. The number of oxazole rings is 1. The smallest absolute Gasteiger partial charge is 0.323 e. The van der Waals surface area contributed by atoms with Gasteiger partial charge in [-0.05, 0) is 0 Å². The summed E-state index contributed by atoms with van der Waals surface area (Å²) in [6.07, 6.45) is 2.63. The van der Waals surface area contributed by atoms with Gasteiger partial charge in [-0.2, -0.15) is 0 Å². The Morgan fingerprint density at radius 1 is 1.64 bits per heavy atom. The normalized spacial score (nSPS) is 9.79. The minimum Gasteiger partial charge on any atom is -0.480 e. The Kier molecular flexibility index (Phi) is 3.22. The fraction of sp³-hybridized carbons (Fsp3) is 0.375. The van der Waals surface area contributed by atoms with Crippen molar-refractivity contribution in [1.29, 1.82) is 0 Å². The van der Waals surface area contributed by atoms with Crippen molar-refractivity contribution in [1.82, 2.24) is 9.88 Å². The first-order valence-corrected chi connectivity index (χ1v) is 3.92. The zero-order chi connectivity index (χ0) is 10.6. The Bertz CT molecular complexity index is 320. The van der Waals surface area contributed by atoms with Crippen molar-refractivity contribution in [2.45, 2.75) is 6.42 Å². The van der Waals surface area contributed by atoms with Gasteiger partial charge in [0.1, 0.15) is 12.8 Å². The highest BCUT2D eigenvalue weighted by Crippen LogP contribution is 1.98. The number of hydrogen-bond donors (Lipinski definition) is 1. The van der Waals surface area contributed by atoms with Gasteiger partial charge in [0.25, 0.3) is 0 Å². The monoisotopic (exact) mass is 198 g/mol. The molecule has 14 heavy (non-hydrogen) atoms. The lowest BCUT2D eigenvalue weighted by Gasteiger charge is -2.12. The summed E-state index contributed by atoms with van der Waals surface area (Å²) in [5, 5.41) is 8.43. The molecule has 6 heteroatoms. The van der Waals surface area contributed by atoms with E-state index >= 15 is 0 Å². The van der Waals surface area contributed by atoms with Crippen LogP contribution in [0.5, 0.6) is 0 Å². The molecule has 0 bridgehead atoms. The van der Waals surface area contributed by atoms with Gasteiger partial charge in [-0.15, -0.1) is 0 Å². The third-order valence-electron chi connectivity index (χ3n) is 1.61. The predicted octanol–water partition coefficient (Wildman–Crippen LogP) is -0.240. The van der Waals surface area contributed by atoms with Crippen LogP contribution in [0.15, 0.2) is 17.1 Å². The summed E-state index contributed by atoms with van der Waals surface area (Å²) in [5.41, 5.74) is 0.493. The second-order valence-corrected chi connectivity index (χ2v) is 2.80. The van der Waals surface area contributed by atoms with E-state index in [-0.39, 0.29) is 18.9 Å². The molecular formula is C8H10N2O4. The van der Waals surface area contributed by atoms with Crippen LogP contribution < -0.4 is 0 Å². The van der Waals surface area contributed by atoms with E-state index in [1.54, 1.807) is 0 Å². The molecule has 6 nitrogen and oxygen atoms in total. The summed E-state index contributed by atoms with van der Waals surface area (Å²) in [4.78, 5) is 26.5. The Hall–Kier alpha value is -1.85. The topological polar surface area (TPSA) is 83.6 Å². The summed E-state index contributed by atoms with van der Waals surface area (Å²) in [6.45, 7) is -0.309. The molecule has 76 valence electrons. The summed E-state index contributed by atoms with van der Waals surface area (Å²) >= 11 is 0. The second-order valence-electron chi connectivity index (χ2n) is 2.80. The molecule has 0 saturated carbocycles. The van der Waals surface area contributed by atoms with E-state index in [1.165, 1.54) is 19.7 Å². The molecule has 0 fully saturated rings. The first-order valence-electron chi connectivity index (χ1n) is 3.92. The number of carboxylic acid groups (broad SMARTS) is 1. The zero-order valence-corrected chi connectivity index (χ0v) is 7.64.